The normalized spacial score (nSPS) is 21.2. The van der Waals surface area contributed by atoms with Crippen LogP contribution >= 0.6 is 0 Å². The van der Waals surface area contributed by atoms with Crippen molar-refractivity contribution < 1.29 is 39.8 Å². The van der Waals surface area contributed by atoms with Gasteiger partial charge in [-0.1, -0.05) is 212 Å². The largest absolute Gasteiger partial charge is 0.394 e. The number of hydrogen-bond donors (Lipinski definition) is 6. The van der Waals surface area contributed by atoms with E-state index in [-0.39, 0.29) is 12.5 Å². The number of carbonyl (C=O) groups excluding carboxylic acids is 1. The minimum absolute atomic E-state index is 0.173. The van der Waals surface area contributed by atoms with Gasteiger partial charge in [0.05, 0.1) is 25.4 Å². The van der Waals surface area contributed by atoms with Crippen LogP contribution in [0.1, 0.15) is 226 Å². The summed E-state index contributed by atoms with van der Waals surface area (Å²) < 4.78 is 11.2. The van der Waals surface area contributed by atoms with Crippen molar-refractivity contribution in [2.75, 3.05) is 13.2 Å². The Morgan fingerprint density at radius 3 is 1.39 bits per heavy atom. The maximum Gasteiger partial charge on any atom is 0.220 e. The third-order valence-electron chi connectivity index (χ3n) is 11.6. The lowest BCUT2D eigenvalue weighted by Gasteiger charge is -2.40. The van der Waals surface area contributed by atoms with Gasteiger partial charge in [-0.3, -0.25) is 4.79 Å². The minimum Gasteiger partial charge on any atom is -0.394 e. The van der Waals surface area contributed by atoms with Gasteiger partial charge in [-0.05, 0) is 19.3 Å². The Bertz CT molecular complexity index is 888. The topological polar surface area (TPSA) is 149 Å². The molecule has 2 unspecified atom stereocenters. The number of aliphatic hydroxyl groups excluding tert-OH is 5. The van der Waals surface area contributed by atoms with Gasteiger partial charge in [-0.15, -0.1) is 0 Å². The highest BCUT2D eigenvalue weighted by molar-refractivity contribution is 5.76. The average molecular weight is 798 g/mol. The van der Waals surface area contributed by atoms with E-state index in [1.807, 2.05) is 6.08 Å². The molecule has 1 saturated heterocycles. The van der Waals surface area contributed by atoms with Crippen LogP contribution < -0.4 is 5.32 Å². The molecule has 0 radical (unpaired) electrons. The molecule has 0 aromatic rings. The van der Waals surface area contributed by atoms with Gasteiger partial charge in [0.15, 0.2) is 6.29 Å². The molecule has 9 heteroatoms. The number of nitrogens with one attached hydrogen (secondary N) is 1. The monoisotopic (exact) mass is 798 g/mol. The van der Waals surface area contributed by atoms with Crippen LogP contribution in [0.25, 0.3) is 0 Å². The fourth-order valence-electron chi connectivity index (χ4n) is 7.75. The maximum atomic E-state index is 13.0. The molecule has 9 nitrogen and oxygen atoms in total. The van der Waals surface area contributed by atoms with E-state index in [0.717, 1.165) is 38.5 Å². The van der Waals surface area contributed by atoms with Gasteiger partial charge >= 0.3 is 0 Å². The van der Waals surface area contributed by atoms with Gasteiger partial charge in [-0.2, -0.15) is 0 Å². The lowest BCUT2D eigenvalue weighted by Crippen LogP contribution is -2.60. The third-order valence-corrected chi connectivity index (χ3v) is 11.6. The average Bonchev–Trinajstić information content (AvgIpc) is 3.20. The number of unbranched alkanes of at least 4 members (excludes halogenated alkanes) is 30. The molecule has 1 aliphatic rings. The second-order valence-corrected chi connectivity index (χ2v) is 16.9. The molecule has 0 aromatic carbocycles. The zero-order valence-corrected chi connectivity index (χ0v) is 36.4. The van der Waals surface area contributed by atoms with E-state index in [4.69, 9.17) is 9.47 Å². The van der Waals surface area contributed by atoms with Crippen molar-refractivity contribution in [2.45, 2.75) is 269 Å². The van der Waals surface area contributed by atoms with E-state index < -0.39 is 49.5 Å². The Hall–Kier alpha value is -1.07. The van der Waals surface area contributed by atoms with Crippen LogP contribution in [-0.2, 0) is 14.3 Å². The summed E-state index contributed by atoms with van der Waals surface area (Å²) in [6.07, 6.45) is 36.8. The molecule has 56 heavy (non-hydrogen) atoms. The minimum atomic E-state index is -1.56. The van der Waals surface area contributed by atoms with Gasteiger partial charge in [0, 0.05) is 6.42 Å². The van der Waals surface area contributed by atoms with Crippen molar-refractivity contribution in [3.05, 3.63) is 12.2 Å². The summed E-state index contributed by atoms with van der Waals surface area (Å²) in [4.78, 5) is 13.0. The standard InChI is InChI=1S/C47H91NO8/c1-3-5-7-9-11-13-15-17-18-19-20-21-22-23-25-27-29-31-33-35-37-43(51)48-40(39-55-47-46(54)45(53)44(52)42(38-49)56-47)41(50)36-34-32-30-28-26-24-16-14-12-10-8-6-4-2/h34,36,40-42,44-47,49-50,52-54H,3-33,35,37-39H2,1-2H3,(H,48,51)/b36-34+/t40-,41+,42-,44-,45?,46?,47-/m0/s1. The number of ether oxygens (including phenoxy) is 2. The van der Waals surface area contributed by atoms with Crippen molar-refractivity contribution >= 4 is 5.91 Å². The number of rotatable bonds is 40. The van der Waals surface area contributed by atoms with Crippen LogP contribution in [0, 0.1) is 0 Å². The van der Waals surface area contributed by atoms with Crippen LogP contribution in [0.5, 0.6) is 0 Å². The molecule has 332 valence electrons. The van der Waals surface area contributed by atoms with Crippen molar-refractivity contribution in [3.8, 4) is 0 Å². The summed E-state index contributed by atoms with van der Waals surface area (Å²) in [5.41, 5.74) is 0. The smallest absolute Gasteiger partial charge is 0.220 e. The number of aliphatic hydroxyl groups is 5. The van der Waals surface area contributed by atoms with Crippen molar-refractivity contribution in [2.24, 2.45) is 0 Å². The Morgan fingerprint density at radius 1 is 0.589 bits per heavy atom. The lowest BCUT2D eigenvalue weighted by molar-refractivity contribution is -0.302. The van der Waals surface area contributed by atoms with Crippen LogP contribution in [0.3, 0.4) is 0 Å². The fourth-order valence-corrected chi connectivity index (χ4v) is 7.75. The molecule has 0 aromatic heterocycles. The summed E-state index contributed by atoms with van der Waals surface area (Å²) in [7, 11) is 0. The Kier molecular flexibility index (Phi) is 36.1. The first-order chi connectivity index (χ1) is 27.3. The molecular weight excluding hydrogens is 707 g/mol. The summed E-state index contributed by atoms with van der Waals surface area (Å²) in [6.45, 7) is 3.78. The van der Waals surface area contributed by atoms with E-state index >= 15 is 0 Å². The summed E-state index contributed by atoms with van der Waals surface area (Å²) in [5, 5.41) is 54.2. The Morgan fingerprint density at radius 2 is 0.982 bits per heavy atom. The molecule has 1 rings (SSSR count). The number of allylic oxidation sites excluding steroid dienone is 1. The first kappa shape index (κ1) is 52.9. The molecule has 0 aliphatic carbocycles. The molecule has 0 saturated carbocycles. The molecule has 7 atom stereocenters. The fraction of sp³-hybridized carbons (Fsp3) is 0.936. The quantitative estimate of drug-likeness (QED) is 0.0265. The zero-order chi connectivity index (χ0) is 40.9. The van der Waals surface area contributed by atoms with E-state index in [1.54, 1.807) is 6.08 Å². The molecule has 1 fully saturated rings. The van der Waals surface area contributed by atoms with E-state index in [9.17, 15) is 30.3 Å². The van der Waals surface area contributed by atoms with Crippen molar-refractivity contribution in [3.63, 3.8) is 0 Å². The number of amides is 1. The van der Waals surface area contributed by atoms with Crippen molar-refractivity contribution in [1.82, 2.24) is 5.32 Å². The molecule has 0 spiro atoms. The van der Waals surface area contributed by atoms with Gasteiger partial charge in [-0.25, -0.2) is 0 Å². The Balaban J connectivity index is 2.29. The van der Waals surface area contributed by atoms with Crippen LogP contribution in [0.2, 0.25) is 0 Å². The van der Waals surface area contributed by atoms with E-state index in [0.29, 0.717) is 6.42 Å². The molecular formula is C47H91NO8. The van der Waals surface area contributed by atoms with Crippen LogP contribution in [0.15, 0.2) is 12.2 Å². The highest BCUT2D eigenvalue weighted by Gasteiger charge is 2.44. The van der Waals surface area contributed by atoms with Crippen molar-refractivity contribution in [1.29, 1.82) is 0 Å². The SMILES string of the molecule is CCCCCCCCCCCCC/C=C/[C@@H](O)[C@H](CO[C@H]1O[C@@H](CO)[C@H](O)C(O)C1O)NC(=O)CCCCCCCCCCCCCCCCCCCCCC. The second kappa shape index (κ2) is 38.2. The molecule has 1 aliphatic heterocycles. The Labute approximate surface area is 344 Å². The lowest BCUT2D eigenvalue weighted by atomic mass is 9.99. The highest BCUT2D eigenvalue weighted by Crippen LogP contribution is 2.23. The molecule has 1 heterocycles. The van der Waals surface area contributed by atoms with Gasteiger partial charge < -0.3 is 40.3 Å². The van der Waals surface area contributed by atoms with Gasteiger partial charge in [0.1, 0.15) is 24.4 Å². The third kappa shape index (κ3) is 28.4. The van der Waals surface area contributed by atoms with E-state index in [1.165, 1.54) is 167 Å². The second-order valence-electron chi connectivity index (χ2n) is 16.9. The number of hydrogen-bond acceptors (Lipinski definition) is 8. The summed E-state index contributed by atoms with van der Waals surface area (Å²) in [6, 6.07) is -0.798. The van der Waals surface area contributed by atoms with Crippen LogP contribution in [-0.4, -0.2) is 87.5 Å². The maximum absolute atomic E-state index is 13.0. The predicted molar refractivity (Wildman–Crippen MR) is 231 cm³/mol. The zero-order valence-electron chi connectivity index (χ0n) is 36.4. The highest BCUT2D eigenvalue weighted by atomic mass is 16.7. The van der Waals surface area contributed by atoms with Crippen LogP contribution in [0.4, 0.5) is 0 Å². The van der Waals surface area contributed by atoms with Gasteiger partial charge in [0.2, 0.25) is 5.91 Å². The van der Waals surface area contributed by atoms with Gasteiger partial charge in [0.25, 0.3) is 0 Å². The molecule has 0 bridgehead atoms. The van der Waals surface area contributed by atoms with E-state index in [2.05, 4.69) is 19.2 Å². The first-order valence-corrected chi connectivity index (χ1v) is 23.9. The first-order valence-electron chi connectivity index (χ1n) is 23.9. The number of carbonyl (C=O) groups is 1. The predicted octanol–water partition coefficient (Wildman–Crippen LogP) is 10.1. The molecule has 1 amide bonds. The summed E-state index contributed by atoms with van der Waals surface area (Å²) in [5.74, 6) is -0.173. The molecule has 6 N–H and O–H groups in total. The summed E-state index contributed by atoms with van der Waals surface area (Å²) >= 11 is 0.